The van der Waals surface area contributed by atoms with Crippen LogP contribution in [0.25, 0.3) is 11.0 Å². The van der Waals surface area contributed by atoms with Crippen molar-refractivity contribution < 1.29 is 9.18 Å². The lowest BCUT2D eigenvalue weighted by molar-refractivity contribution is -0.123. The van der Waals surface area contributed by atoms with E-state index in [1.165, 1.54) is 12.1 Å². The van der Waals surface area contributed by atoms with Gasteiger partial charge in [-0.2, -0.15) is 0 Å². The predicted molar refractivity (Wildman–Crippen MR) is 84.8 cm³/mol. The van der Waals surface area contributed by atoms with Crippen LogP contribution in [0.1, 0.15) is 26.1 Å². The second kappa shape index (κ2) is 6.87. The number of carbonyl (C=O) groups excluding carboxylic acids is 1. The highest BCUT2D eigenvalue weighted by atomic mass is 19.1. The van der Waals surface area contributed by atoms with E-state index in [0.717, 1.165) is 23.3 Å². The van der Waals surface area contributed by atoms with E-state index in [2.05, 4.69) is 10.3 Å². The van der Waals surface area contributed by atoms with Gasteiger partial charge in [-0.15, -0.1) is 0 Å². The number of hydrogen-bond acceptors (Lipinski definition) is 3. The molecule has 5 nitrogen and oxygen atoms in total. The Morgan fingerprint density at radius 1 is 1.50 bits per heavy atom. The van der Waals surface area contributed by atoms with Crippen LogP contribution in [0, 0.1) is 11.7 Å². The van der Waals surface area contributed by atoms with Gasteiger partial charge < -0.3 is 15.6 Å². The summed E-state index contributed by atoms with van der Waals surface area (Å²) in [6.07, 6.45) is 1.44. The number of rotatable bonds is 6. The molecular weight excluding hydrogens is 283 g/mol. The first kappa shape index (κ1) is 16.4. The molecule has 0 aliphatic carbocycles. The van der Waals surface area contributed by atoms with Gasteiger partial charge in [0.05, 0.1) is 17.1 Å². The van der Waals surface area contributed by atoms with Crippen molar-refractivity contribution in [1.82, 2.24) is 14.9 Å². The third kappa shape index (κ3) is 3.44. The average Bonchev–Trinajstić information content (AvgIpc) is 2.82. The smallest absolute Gasteiger partial charge is 0.237 e. The molecule has 120 valence electrons. The molecule has 2 atom stereocenters. The van der Waals surface area contributed by atoms with E-state index in [1.54, 1.807) is 6.07 Å². The number of aryl methyl sites for hydroxylation is 1. The highest BCUT2D eigenvalue weighted by molar-refractivity contribution is 5.81. The minimum Gasteiger partial charge on any atom is -0.354 e. The molecule has 1 aromatic heterocycles. The van der Waals surface area contributed by atoms with Crippen molar-refractivity contribution in [2.45, 2.75) is 32.7 Å². The highest BCUT2D eigenvalue weighted by Crippen LogP contribution is 2.16. The molecule has 2 aromatic rings. The summed E-state index contributed by atoms with van der Waals surface area (Å²) in [5, 5.41) is 2.84. The van der Waals surface area contributed by atoms with E-state index < -0.39 is 6.04 Å². The summed E-state index contributed by atoms with van der Waals surface area (Å²) in [6, 6.07) is 4.03. The second-order valence-corrected chi connectivity index (χ2v) is 5.67. The number of benzene rings is 1. The van der Waals surface area contributed by atoms with Crippen molar-refractivity contribution in [2.75, 3.05) is 6.54 Å². The van der Waals surface area contributed by atoms with Crippen molar-refractivity contribution in [2.24, 2.45) is 18.7 Å². The topological polar surface area (TPSA) is 72.9 Å². The van der Waals surface area contributed by atoms with Crippen molar-refractivity contribution in [3.63, 3.8) is 0 Å². The second-order valence-electron chi connectivity index (χ2n) is 5.67. The Kier molecular flexibility index (Phi) is 5.13. The van der Waals surface area contributed by atoms with Crippen molar-refractivity contribution in [1.29, 1.82) is 0 Å². The van der Waals surface area contributed by atoms with Crippen molar-refractivity contribution in [3.05, 3.63) is 29.8 Å². The molecule has 3 N–H and O–H groups in total. The van der Waals surface area contributed by atoms with Gasteiger partial charge in [-0.3, -0.25) is 4.79 Å². The number of imidazole rings is 1. The van der Waals surface area contributed by atoms with E-state index in [0.29, 0.717) is 13.0 Å². The molecule has 0 spiro atoms. The lowest BCUT2D eigenvalue weighted by Gasteiger charge is -2.17. The number of hydrogen-bond donors (Lipinski definition) is 2. The first-order valence-electron chi connectivity index (χ1n) is 7.58. The number of aromatic nitrogens is 2. The monoisotopic (exact) mass is 306 g/mol. The lowest BCUT2D eigenvalue weighted by Crippen LogP contribution is -2.45. The van der Waals surface area contributed by atoms with Gasteiger partial charge in [0, 0.05) is 20.0 Å². The number of nitrogens with one attached hydrogen (secondary N) is 1. The van der Waals surface area contributed by atoms with Gasteiger partial charge in [0.1, 0.15) is 11.6 Å². The van der Waals surface area contributed by atoms with E-state index >= 15 is 0 Å². The number of fused-ring (bicyclic) bond motifs is 1. The predicted octanol–water partition coefficient (Wildman–Crippen LogP) is 1.74. The van der Waals surface area contributed by atoms with Gasteiger partial charge in [0.25, 0.3) is 0 Å². The van der Waals surface area contributed by atoms with Crippen LogP contribution in [0.2, 0.25) is 0 Å². The standard InChI is InChI=1S/C16H23FN4O/c1-4-10(2)15(18)16(22)19-8-7-14-20-12-6-5-11(17)9-13(12)21(14)3/h5-6,9-10,15H,4,7-8,18H2,1-3H3,(H,19,22). The van der Waals surface area contributed by atoms with Gasteiger partial charge >= 0.3 is 0 Å². The van der Waals surface area contributed by atoms with Crippen LogP contribution in [0.4, 0.5) is 4.39 Å². The maximum atomic E-state index is 13.3. The SMILES string of the molecule is CCC(C)C(N)C(=O)NCCc1nc2ccc(F)cc2n1C. The number of nitrogens with two attached hydrogens (primary N) is 1. The number of nitrogens with zero attached hydrogens (tertiary/aromatic N) is 2. The molecule has 0 fully saturated rings. The summed E-state index contributed by atoms with van der Waals surface area (Å²) in [5.74, 6) is 0.533. The molecule has 2 unspecified atom stereocenters. The Labute approximate surface area is 129 Å². The summed E-state index contributed by atoms with van der Waals surface area (Å²) in [4.78, 5) is 16.4. The van der Waals surface area contributed by atoms with Crippen LogP contribution >= 0.6 is 0 Å². The average molecular weight is 306 g/mol. The van der Waals surface area contributed by atoms with Crippen molar-refractivity contribution >= 4 is 16.9 Å². The zero-order valence-electron chi connectivity index (χ0n) is 13.3. The molecule has 0 aliphatic heterocycles. The molecular formula is C16H23FN4O. The zero-order valence-corrected chi connectivity index (χ0v) is 13.3. The third-order valence-electron chi connectivity index (χ3n) is 4.14. The van der Waals surface area contributed by atoms with E-state index in [1.807, 2.05) is 25.5 Å². The molecule has 1 amide bonds. The zero-order chi connectivity index (χ0) is 16.3. The fraction of sp³-hybridized carbons (Fsp3) is 0.500. The summed E-state index contributed by atoms with van der Waals surface area (Å²) in [7, 11) is 1.84. The molecule has 22 heavy (non-hydrogen) atoms. The fourth-order valence-corrected chi connectivity index (χ4v) is 2.36. The van der Waals surface area contributed by atoms with Crippen LogP contribution < -0.4 is 11.1 Å². The first-order chi connectivity index (χ1) is 10.4. The lowest BCUT2D eigenvalue weighted by atomic mass is 9.99. The fourth-order valence-electron chi connectivity index (χ4n) is 2.36. The maximum Gasteiger partial charge on any atom is 0.237 e. The molecule has 0 bridgehead atoms. The van der Waals surface area contributed by atoms with Gasteiger partial charge in [-0.1, -0.05) is 20.3 Å². The van der Waals surface area contributed by atoms with E-state index in [4.69, 9.17) is 5.73 Å². The summed E-state index contributed by atoms with van der Waals surface area (Å²) < 4.78 is 15.1. The molecule has 0 saturated carbocycles. The number of carbonyl (C=O) groups is 1. The largest absolute Gasteiger partial charge is 0.354 e. The van der Waals surface area contributed by atoms with Crippen LogP contribution in [0.5, 0.6) is 0 Å². The molecule has 0 aliphatic rings. The van der Waals surface area contributed by atoms with Crippen LogP contribution in [-0.2, 0) is 18.3 Å². The Hall–Kier alpha value is -1.95. The summed E-state index contributed by atoms with van der Waals surface area (Å²) in [5.41, 5.74) is 7.38. The number of amides is 1. The third-order valence-corrected chi connectivity index (χ3v) is 4.14. The quantitative estimate of drug-likeness (QED) is 0.854. The number of halogens is 1. The first-order valence-corrected chi connectivity index (χ1v) is 7.58. The van der Waals surface area contributed by atoms with Gasteiger partial charge in [-0.05, 0) is 24.1 Å². The van der Waals surface area contributed by atoms with Gasteiger partial charge in [-0.25, -0.2) is 9.37 Å². The Morgan fingerprint density at radius 3 is 2.91 bits per heavy atom. The summed E-state index contributed by atoms with van der Waals surface area (Å²) >= 11 is 0. The molecule has 0 radical (unpaired) electrons. The van der Waals surface area contributed by atoms with Crippen molar-refractivity contribution in [3.8, 4) is 0 Å². The van der Waals surface area contributed by atoms with Crippen LogP contribution in [0.3, 0.4) is 0 Å². The highest BCUT2D eigenvalue weighted by Gasteiger charge is 2.19. The van der Waals surface area contributed by atoms with Crippen LogP contribution in [0.15, 0.2) is 18.2 Å². The minimum absolute atomic E-state index is 0.140. The normalized spacial score (nSPS) is 14.0. The van der Waals surface area contributed by atoms with E-state index in [-0.39, 0.29) is 17.6 Å². The molecule has 1 heterocycles. The Balaban J connectivity index is 1.98. The maximum absolute atomic E-state index is 13.3. The van der Waals surface area contributed by atoms with E-state index in [9.17, 15) is 9.18 Å². The van der Waals surface area contributed by atoms with Gasteiger partial charge in [0.2, 0.25) is 5.91 Å². The molecule has 0 saturated heterocycles. The van der Waals surface area contributed by atoms with Gasteiger partial charge in [0.15, 0.2) is 0 Å². The molecule has 2 rings (SSSR count). The Bertz CT molecular complexity index is 667. The Morgan fingerprint density at radius 2 is 2.23 bits per heavy atom. The van der Waals surface area contributed by atoms with Crippen LogP contribution in [-0.4, -0.2) is 28.0 Å². The molecule has 1 aromatic carbocycles. The molecule has 6 heteroatoms. The minimum atomic E-state index is -0.487. The summed E-state index contributed by atoms with van der Waals surface area (Å²) in [6.45, 7) is 4.43.